The van der Waals surface area contributed by atoms with Crippen molar-refractivity contribution in [1.29, 1.82) is 0 Å². The summed E-state index contributed by atoms with van der Waals surface area (Å²) in [6.45, 7) is 14.2. The highest BCUT2D eigenvalue weighted by Crippen LogP contribution is 2.43. The van der Waals surface area contributed by atoms with Crippen LogP contribution in [0.3, 0.4) is 0 Å². The molecule has 0 saturated carbocycles. The highest BCUT2D eigenvalue weighted by atomic mass is 32.2. The lowest BCUT2D eigenvalue weighted by Crippen LogP contribution is -2.57. The van der Waals surface area contributed by atoms with E-state index in [0.29, 0.717) is 17.8 Å². The van der Waals surface area contributed by atoms with Crippen molar-refractivity contribution in [3.8, 4) is 17.1 Å². The van der Waals surface area contributed by atoms with E-state index in [4.69, 9.17) is 4.42 Å². The Kier molecular flexibility index (Phi) is 9.47. The van der Waals surface area contributed by atoms with E-state index < -0.39 is 0 Å². The van der Waals surface area contributed by atoms with Gasteiger partial charge in [-0.3, -0.25) is 0 Å². The van der Waals surface area contributed by atoms with Crippen molar-refractivity contribution in [2.24, 2.45) is 0 Å². The fourth-order valence-corrected chi connectivity index (χ4v) is 13.4. The number of hydrogen-bond donors (Lipinski definition) is 0. The average Bonchev–Trinajstić information content (AvgIpc) is 4.12. The van der Waals surface area contributed by atoms with Gasteiger partial charge in [0.15, 0.2) is 5.58 Å². The molecule has 0 fully saturated rings. The van der Waals surface area contributed by atoms with Gasteiger partial charge in [-0.1, -0.05) is 173 Å². The Labute approximate surface area is 418 Å². The Morgan fingerprint density at radius 1 is 0.394 bits per heavy atom. The molecular weight excluding hydrogens is 882 g/mol. The quantitative estimate of drug-likeness (QED) is 0.149. The molecule has 0 aliphatic carbocycles. The normalized spacial score (nSPS) is 12.9. The summed E-state index contributed by atoms with van der Waals surface area (Å²) in [5.74, 6) is 1.12. The van der Waals surface area contributed by atoms with Gasteiger partial charge in [0, 0.05) is 59.2 Å². The zero-order chi connectivity index (χ0) is 47.8. The summed E-state index contributed by atoms with van der Waals surface area (Å²) in [6, 6.07) is 70.3. The van der Waals surface area contributed by atoms with Gasteiger partial charge in [0.2, 0.25) is 6.71 Å². The Morgan fingerprint density at radius 2 is 0.873 bits per heavy atom. The summed E-state index contributed by atoms with van der Waals surface area (Å²) in [6.07, 6.45) is 0. The molecule has 9 aromatic carbocycles. The molecule has 0 unspecified atom stereocenters. The molecule has 4 nitrogen and oxygen atoms in total. The van der Waals surface area contributed by atoms with Crippen LogP contribution in [-0.4, -0.2) is 20.4 Å². The van der Waals surface area contributed by atoms with Crippen LogP contribution in [0, 0.1) is 0 Å². The third kappa shape index (κ3) is 6.26. The van der Waals surface area contributed by atoms with Crippen LogP contribution in [0.15, 0.2) is 202 Å². The lowest BCUT2D eigenvalue weighted by Gasteiger charge is -2.32. The highest BCUT2D eigenvalue weighted by Gasteiger charge is 2.37. The molecule has 0 bridgehead atoms. The van der Waals surface area contributed by atoms with E-state index in [1.807, 2.05) is 11.8 Å². The van der Waals surface area contributed by atoms with E-state index >= 15 is 0 Å². The molecule has 4 aromatic heterocycles. The second-order valence-corrected chi connectivity index (χ2v) is 21.7. The Hall–Kier alpha value is -7.67. The van der Waals surface area contributed by atoms with E-state index in [2.05, 4.69) is 243 Å². The zero-order valence-corrected chi connectivity index (χ0v) is 41.7. The summed E-state index contributed by atoms with van der Waals surface area (Å²) in [4.78, 5) is 2.57. The van der Waals surface area contributed by atoms with Crippen molar-refractivity contribution in [3.05, 3.63) is 205 Å². The molecule has 6 heteroatoms. The molecule has 14 rings (SSSR count). The standard InChI is InChI=1S/C65H52BN3OS/c1-38(2)41-32-49(39(3)4)63(50(33-41)40(5)6)66-53-30-28-43(34-61(53)71-62-35-44(29-31-54(62)66)69-57-26-16-12-22-47(57)65-64(69)48-23-13-17-27-60(48)70-65)68-56-25-15-11-21-46(56)52-36-58-51(37-59(52)68)45-20-10-14-24-55(45)67(58)42-18-8-7-9-19-42/h7-40H,1-6H3. The molecule has 0 N–H and O–H groups in total. The van der Waals surface area contributed by atoms with Crippen LogP contribution in [0.1, 0.15) is 76.0 Å². The molecule has 0 spiro atoms. The lowest BCUT2D eigenvalue weighted by molar-refractivity contribution is 0.673. The summed E-state index contributed by atoms with van der Waals surface area (Å²) < 4.78 is 14.0. The fraction of sp³-hybridized carbons (Fsp3) is 0.138. The Balaban J connectivity index is 1.03. The number of furan rings is 1. The molecular formula is C65H52BN3OS. The first-order valence-corrected chi connectivity index (χ1v) is 26.1. The fourth-order valence-electron chi connectivity index (χ4n) is 12.2. The third-order valence-electron chi connectivity index (χ3n) is 15.5. The van der Waals surface area contributed by atoms with Gasteiger partial charge in [0.1, 0.15) is 11.1 Å². The molecule has 1 aliphatic rings. The van der Waals surface area contributed by atoms with E-state index in [1.54, 1.807) is 0 Å². The van der Waals surface area contributed by atoms with Crippen LogP contribution in [0.25, 0.3) is 93.6 Å². The molecule has 342 valence electrons. The number of nitrogens with zero attached hydrogens (tertiary/aromatic N) is 3. The maximum Gasteiger partial charge on any atom is 0.244 e. The number of fused-ring (bicyclic) bond motifs is 13. The second kappa shape index (κ2) is 15.9. The molecule has 0 amide bonds. The van der Waals surface area contributed by atoms with E-state index in [0.717, 1.165) is 38.7 Å². The van der Waals surface area contributed by atoms with Gasteiger partial charge >= 0.3 is 0 Å². The van der Waals surface area contributed by atoms with Crippen LogP contribution >= 0.6 is 11.8 Å². The van der Waals surface area contributed by atoms with Crippen molar-refractivity contribution < 1.29 is 4.42 Å². The first-order valence-electron chi connectivity index (χ1n) is 25.3. The Bertz CT molecular complexity index is 4280. The summed E-state index contributed by atoms with van der Waals surface area (Å²) >= 11 is 1.92. The van der Waals surface area contributed by atoms with Crippen LogP contribution in [0.4, 0.5) is 0 Å². The SMILES string of the molecule is CC(C)c1cc(C(C)C)c(B2c3ccc(-n4c5ccccc5c5cc6c(cc54)c4ccccc4n6-c4ccccc4)cc3Sc3cc(-n4c5ccccc5c5oc6ccccc6c54)ccc32)c(C(C)C)c1. The van der Waals surface area contributed by atoms with Gasteiger partial charge < -0.3 is 18.1 Å². The molecule has 71 heavy (non-hydrogen) atoms. The Morgan fingerprint density at radius 3 is 1.44 bits per heavy atom. The largest absolute Gasteiger partial charge is 0.454 e. The monoisotopic (exact) mass is 933 g/mol. The van der Waals surface area contributed by atoms with Crippen molar-refractivity contribution in [3.63, 3.8) is 0 Å². The van der Waals surface area contributed by atoms with E-state index in [9.17, 15) is 0 Å². The first-order chi connectivity index (χ1) is 34.7. The second-order valence-electron chi connectivity index (χ2n) is 20.6. The zero-order valence-electron chi connectivity index (χ0n) is 40.9. The van der Waals surface area contributed by atoms with Crippen molar-refractivity contribution in [2.45, 2.75) is 69.1 Å². The number of para-hydroxylation sites is 5. The predicted molar refractivity (Wildman–Crippen MR) is 303 cm³/mol. The topological polar surface area (TPSA) is 27.9 Å². The molecule has 13 aromatic rings. The minimum atomic E-state index is 0.0402. The minimum Gasteiger partial charge on any atom is -0.454 e. The maximum absolute atomic E-state index is 6.65. The van der Waals surface area contributed by atoms with Gasteiger partial charge in [0.25, 0.3) is 0 Å². The molecule has 0 atom stereocenters. The van der Waals surface area contributed by atoms with Crippen LogP contribution in [0.5, 0.6) is 0 Å². The highest BCUT2D eigenvalue weighted by molar-refractivity contribution is 8.00. The molecule has 0 saturated heterocycles. The molecule has 1 aliphatic heterocycles. The summed E-state index contributed by atoms with van der Waals surface area (Å²) in [5, 5.41) is 7.24. The number of rotatable bonds is 7. The minimum absolute atomic E-state index is 0.0402. The van der Waals surface area contributed by atoms with Crippen molar-refractivity contribution in [1.82, 2.24) is 13.7 Å². The molecule has 5 heterocycles. The number of aromatic nitrogens is 3. The lowest BCUT2D eigenvalue weighted by atomic mass is 9.34. The van der Waals surface area contributed by atoms with Gasteiger partial charge in [-0.05, 0) is 119 Å². The van der Waals surface area contributed by atoms with Crippen molar-refractivity contribution in [2.75, 3.05) is 0 Å². The number of hydrogen-bond acceptors (Lipinski definition) is 2. The van der Waals surface area contributed by atoms with E-state index in [-0.39, 0.29) is 6.71 Å². The predicted octanol–water partition coefficient (Wildman–Crippen LogP) is 16.1. The number of benzene rings is 9. The van der Waals surface area contributed by atoms with Crippen LogP contribution < -0.4 is 16.4 Å². The van der Waals surface area contributed by atoms with Gasteiger partial charge in [-0.25, -0.2) is 0 Å². The van der Waals surface area contributed by atoms with Gasteiger partial charge in [-0.2, -0.15) is 0 Å². The van der Waals surface area contributed by atoms with Gasteiger partial charge in [-0.15, -0.1) is 0 Å². The summed E-state index contributed by atoms with van der Waals surface area (Å²) in [5.41, 5.74) is 20.9. The maximum atomic E-state index is 6.65. The van der Waals surface area contributed by atoms with E-state index in [1.165, 1.54) is 97.9 Å². The average molecular weight is 934 g/mol. The van der Waals surface area contributed by atoms with Gasteiger partial charge in [0.05, 0.1) is 27.6 Å². The van der Waals surface area contributed by atoms with Crippen LogP contribution in [-0.2, 0) is 0 Å². The van der Waals surface area contributed by atoms with Crippen molar-refractivity contribution >= 4 is 111 Å². The first kappa shape index (κ1) is 42.2. The summed E-state index contributed by atoms with van der Waals surface area (Å²) in [7, 11) is 0. The molecule has 0 radical (unpaired) electrons. The smallest absolute Gasteiger partial charge is 0.244 e. The van der Waals surface area contributed by atoms with Crippen LogP contribution in [0.2, 0.25) is 0 Å². The third-order valence-corrected chi connectivity index (χ3v) is 16.6.